The predicted octanol–water partition coefficient (Wildman–Crippen LogP) is 3.44. The molecule has 2 aliphatic heterocycles. The van der Waals surface area contributed by atoms with Crippen molar-refractivity contribution in [1.82, 2.24) is 9.80 Å². The molecular weight excluding hydrogens is 495 g/mol. The van der Waals surface area contributed by atoms with E-state index in [1.165, 1.54) is 41.3 Å². The van der Waals surface area contributed by atoms with Crippen LogP contribution in [0.25, 0.3) is 5.76 Å². The summed E-state index contributed by atoms with van der Waals surface area (Å²) in [4.78, 5) is 29.7. The van der Waals surface area contributed by atoms with Crippen LogP contribution >= 0.6 is 15.9 Å². The summed E-state index contributed by atoms with van der Waals surface area (Å²) in [6, 6.07) is 9.04. The van der Waals surface area contributed by atoms with Gasteiger partial charge in [0.05, 0.1) is 30.4 Å². The first-order valence-corrected chi connectivity index (χ1v) is 11.5. The van der Waals surface area contributed by atoms with Crippen LogP contribution in [0.1, 0.15) is 23.6 Å². The van der Waals surface area contributed by atoms with E-state index < -0.39 is 29.3 Å². The molecule has 33 heavy (non-hydrogen) atoms. The van der Waals surface area contributed by atoms with E-state index in [0.29, 0.717) is 29.7 Å². The predicted molar refractivity (Wildman–Crippen MR) is 123 cm³/mol. The molecule has 2 aromatic rings. The van der Waals surface area contributed by atoms with E-state index in [9.17, 15) is 24.2 Å². The fourth-order valence-corrected chi connectivity index (χ4v) is 4.60. The second-order valence-electron chi connectivity index (χ2n) is 8.01. The number of carbonyl (C=O) groups is 2. The lowest BCUT2D eigenvalue weighted by Gasteiger charge is -2.29. The van der Waals surface area contributed by atoms with Crippen LogP contribution in [0, 0.1) is 5.82 Å². The summed E-state index contributed by atoms with van der Waals surface area (Å²) < 4.78 is 19.5. The Balaban J connectivity index is 1.70. The van der Waals surface area contributed by atoms with Gasteiger partial charge in [0.2, 0.25) is 0 Å². The number of Topliss-reactive ketones (excluding diaryl/α,β-unsaturated/α-hetero) is 1. The molecule has 0 aromatic heterocycles. The summed E-state index contributed by atoms with van der Waals surface area (Å²) in [6.45, 7) is 3.96. The number of hydrogen-bond acceptors (Lipinski definition) is 6. The number of benzene rings is 2. The molecule has 2 saturated heterocycles. The van der Waals surface area contributed by atoms with Crippen LogP contribution in [0.3, 0.4) is 0 Å². The summed E-state index contributed by atoms with van der Waals surface area (Å²) in [5.74, 6) is -2.73. The van der Waals surface area contributed by atoms with Crippen molar-refractivity contribution in [3.8, 4) is 5.75 Å². The Bertz CT molecular complexity index is 1080. The second kappa shape index (κ2) is 10.0. The van der Waals surface area contributed by atoms with Crippen molar-refractivity contribution in [3.63, 3.8) is 0 Å². The molecule has 1 amide bonds. The van der Waals surface area contributed by atoms with Crippen molar-refractivity contribution in [2.24, 2.45) is 0 Å². The lowest BCUT2D eigenvalue weighted by molar-refractivity contribution is -0.140. The first kappa shape index (κ1) is 23.4. The largest absolute Gasteiger partial charge is 0.507 e. The maximum atomic E-state index is 13.6. The Kier molecular flexibility index (Phi) is 7.11. The van der Waals surface area contributed by atoms with Gasteiger partial charge in [0, 0.05) is 30.7 Å². The molecule has 2 aromatic carbocycles. The molecule has 0 unspecified atom stereocenters. The SMILES string of the molecule is O=C1C(=O)N(CCCN2CCOCC2)[C@@H](c2ccc(F)cc2)C1=C(O)c1cc(Br)ccc1O. The number of amides is 1. The van der Waals surface area contributed by atoms with Gasteiger partial charge < -0.3 is 19.8 Å². The molecule has 4 rings (SSSR count). The minimum atomic E-state index is -0.895. The summed E-state index contributed by atoms with van der Waals surface area (Å²) in [6.07, 6.45) is 0.618. The van der Waals surface area contributed by atoms with Crippen molar-refractivity contribution >= 4 is 33.4 Å². The lowest BCUT2D eigenvalue weighted by Crippen LogP contribution is -2.38. The molecule has 0 spiro atoms. The smallest absolute Gasteiger partial charge is 0.295 e. The first-order valence-electron chi connectivity index (χ1n) is 10.7. The van der Waals surface area contributed by atoms with Crippen LogP contribution < -0.4 is 0 Å². The highest BCUT2D eigenvalue weighted by atomic mass is 79.9. The molecule has 2 N–H and O–H groups in total. The molecule has 0 aliphatic carbocycles. The van der Waals surface area contributed by atoms with Gasteiger partial charge in [-0.05, 0) is 42.3 Å². The third-order valence-electron chi connectivity index (χ3n) is 5.92. The lowest BCUT2D eigenvalue weighted by atomic mass is 9.95. The number of ketones is 1. The quantitative estimate of drug-likeness (QED) is 0.346. The molecule has 1 atom stereocenters. The van der Waals surface area contributed by atoms with Gasteiger partial charge in [-0.2, -0.15) is 0 Å². The summed E-state index contributed by atoms with van der Waals surface area (Å²) in [7, 11) is 0. The standard InChI is InChI=1S/C24H24BrFN2O5/c25-16-4-7-19(29)18(14-16)22(30)20-21(15-2-5-17(26)6-3-15)28(24(32)23(20)31)9-1-8-27-10-12-33-13-11-27/h2-7,14,21,29-30H,1,8-13H2/t21-/m0/s1. The van der Waals surface area contributed by atoms with Gasteiger partial charge >= 0.3 is 0 Å². The van der Waals surface area contributed by atoms with Crippen LogP contribution in [0.15, 0.2) is 52.5 Å². The zero-order valence-corrected chi connectivity index (χ0v) is 19.4. The van der Waals surface area contributed by atoms with Gasteiger partial charge in [0.15, 0.2) is 0 Å². The zero-order chi connectivity index (χ0) is 23.5. The van der Waals surface area contributed by atoms with Crippen LogP contribution in [0.4, 0.5) is 4.39 Å². The van der Waals surface area contributed by atoms with E-state index >= 15 is 0 Å². The third kappa shape index (κ3) is 4.95. The van der Waals surface area contributed by atoms with Crippen molar-refractivity contribution in [2.75, 3.05) is 39.4 Å². The number of aliphatic hydroxyl groups excluding tert-OH is 1. The highest BCUT2D eigenvalue weighted by Gasteiger charge is 2.46. The summed E-state index contributed by atoms with van der Waals surface area (Å²) in [5, 5.41) is 21.3. The number of likely N-dealkylation sites (tertiary alicyclic amines) is 1. The van der Waals surface area contributed by atoms with Gasteiger partial charge in [-0.15, -0.1) is 0 Å². The Morgan fingerprint density at radius 2 is 1.79 bits per heavy atom. The molecule has 2 heterocycles. The molecular formula is C24H24BrFN2O5. The Labute approximate surface area is 199 Å². The number of ether oxygens (including phenoxy) is 1. The Hall–Kier alpha value is -2.75. The van der Waals surface area contributed by atoms with Crippen LogP contribution in [0.2, 0.25) is 0 Å². The highest BCUT2D eigenvalue weighted by molar-refractivity contribution is 9.10. The fraction of sp³-hybridized carbons (Fsp3) is 0.333. The molecule has 2 fully saturated rings. The summed E-state index contributed by atoms with van der Waals surface area (Å²) in [5.41, 5.74) is 0.396. The fourth-order valence-electron chi connectivity index (χ4n) is 4.23. The van der Waals surface area contributed by atoms with Crippen molar-refractivity contribution in [3.05, 3.63) is 69.5 Å². The zero-order valence-electron chi connectivity index (χ0n) is 17.8. The maximum Gasteiger partial charge on any atom is 0.295 e. The number of rotatable bonds is 6. The van der Waals surface area contributed by atoms with Crippen molar-refractivity contribution < 1.29 is 28.9 Å². The molecule has 0 radical (unpaired) electrons. The van der Waals surface area contributed by atoms with E-state index in [2.05, 4.69) is 20.8 Å². The van der Waals surface area contributed by atoms with Crippen molar-refractivity contribution in [1.29, 1.82) is 0 Å². The van der Waals surface area contributed by atoms with E-state index in [1.807, 2.05) is 0 Å². The Morgan fingerprint density at radius 1 is 1.09 bits per heavy atom. The van der Waals surface area contributed by atoms with Crippen LogP contribution in [0.5, 0.6) is 5.75 Å². The minimum absolute atomic E-state index is 0.0304. The van der Waals surface area contributed by atoms with Crippen LogP contribution in [-0.4, -0.2) is 71.1 Å². The number of morpholine rings is 1. The normalized spacial score (nSPS) is 21.0. The van der Waals surface area contributed by atoms with Gasteiger partial charge in [0.25, 0.3) is 11.7 Å². The highest BCUT2D eigenvalue weighted by Crippen LogP contribution is 2.41. The van der Waals surface area contributed by atoms with Crippen LogP contribution in [-0.2, 0) is 14.3 Å². The summed E-state index contributed by atoms with van der Waals surface area (Å²) >= 11 is 3.29. The monoisotopic (exact) mass is 518 g/mol. The van der Waals surface area contributed by atoms with E-state index in [0.717, 1.165) is 19.6 Å². The second-order valence-corrected chi connectivity index (χ2v) is 8.93. The molecule has 9 heteroatoms. The number of aliphatic hydroxyl groups is 1. The van der Waals surface area contributed by atoms with E-state index in [-0.39, 0.29) is 23.4 Å². The van der Waals surface area contributed by atoms with Gasteiger partial charge in [-0.25, -0.2) is 4.39 Å². The number of phenols is 1. The molecule has 0 bridgehead atoms. The number of hydrogen-bond donors (Lipinski definition) is 2. The number of halogens is 2. The van der Waals surface area contributed by atoms with Gasteiger partial charge in [-0.3, -0.25) is 14.5 Å². The maximum absolute atomic E-state index is 13.6. The number of nitrogens with zero attached hydrogens (tertiary/aromatic N) is 2. The average Bonchev–Trinajstić information content (AvgIpc) is 3.06. The van der Waals surface area contributed by atoms with E-state index in [1.54, 1.807) is 6.07 Å². The van der Waals surface area contributed by atoms with Gasteiger partial charge in [0.1, 0.15) is 17.3 Å². The van der Waals surface area contributed by atoms with Crippen molar-refractivity contribution in [2.45, 2.75) is 12.5 Å². The molecule has 2 aliphatic rings. The molecule has 7 nitrogen and oxygen atoms in total. The minimum Gasteiger partial charge on any atom is -0.507 e. The number of phenolic OH excluding ortho intramolecular Hbond substituents is 1. The number of carbonyl (C=O) groups excluding carboxylic acids is 2. The van der Waals surface area contributed by atoms with E-state index in [4.69, 9.17) is 4.74 Å². The topological polar surface area (TPSA) is 90.3 Å². The number of aromatic hydroxyl groups is 1. The first-order chi connectivity index (χ1) is 15.9. The molecule has 0 saturated carbocycles. The average molecular weight is 519 g/mol. The Morgan fingerprint density at radius 3 is 2.48 bits per heavy atom. The van der Waals surface area contributed by atoms with Gasteiger partial charge in [-0.1, -0.05) is 28.1 Å². The molecule has 174 valence electrons. The third-order valence-corrected chi connectivity index (χ3v) is 6.41.